The van der Waals surface area contributed by atoms with E-state index in [-0.39, 0.29) is 6.61 Å². The number of hydrogen-bond acceptors (Lipinski definition) is 5. The van der Waals surface area contributed by atoms with Gasteiger partial charge in [-0.05, 0) is 40.2 Å². The number of amides is 1. The lowest BCUT2D eigenvalue weighted by molar-refractivity contribution is 0.0529. The van der Waals surface area contributed by atoms with Gasteiger partial charge in [0.05, 0.1) is 6.61 Å². The molecule has 0 saturated heterocycles. The Kier molecular flexibility index (Phi) is 5.85. The largest absolute Gasteiger partial charge is 0.462 e. The van der Waals surface area contributed by atoms with Gasteiger partial charge in [-0.2, -0.15) is 0 Å². The van der Waals surface area contributed by atoms with E-state index < -0.39 is 17.7 Å². The summed E-state index contributed by atoms with van der Waals surface area (Å²) in [4.78, 5) is 24.5. The van der Waals surface area contributed by atoms with Crippen LogP contribution in [0.3, 0.4) is 0 Å². The fourth-order valence-electron chi connectivity index (χ4n) is 2.28. The van der Waals surface area contributed by atoms with Gasteiger partial charge in [-0.15, -0.1) is 11.3 Å². The van der Waals surface area contributed by atoms with Crippen molar-refractivity contribution in [2.75, 3.05) is 11.9 Å². The number of carbonyl (C=O) groups excluding carboxylic acids is 2. The molecule has 1 amide bonds. The maximum absolute atomic E-state index is 12.5. The van der Waals surface area contributed by atoms with E-state index in [0.29, 0.717) is 10.6 Å². The van der Waals surface area contributed by atoms with Crippen molar-refractivity contribution in [3.05, 3.63) is 40.8 Å². The summed E-state index contributed by atoms with van der Waals surface area (Å²) in [5, 5.41) is 4.93. The van der Waals surface area contributed by atoms with Crippen molar-refractivity contribution < 1.29 is 19.1 Å². The maximum Gasteiger partial charge on any atom is 0.412 e. The van der Waals surface area contributed by atoms with E-state index >= 15 is 0 Å². The minimum absolute atomic E-state index is 0.258. The summed E-state index contributed by atoms with van der Waals surface area (Å²) in [6.45, 7) is 9.34. The van der Waals surface area contributed by atoms with Gasteiger partial charge in [-0.1, -0.05) is 29.8 Å². The van der Waals surface area contributed by atoms with E-state index in [9.17, 15) is 9.59 Å². The Hall–Kier alpha value is -2.34. The first-order valence-corrected chi connectivity index (χ1v) is 8.95. The number of nitrogens with one attached hydrogen (secondary N) is 1. The summed E-state index contributed by atoms with van der Waals surface area (Å²) in [5.74, 6) is -0.466. The van der Waals surface area contributed by atoms with Gasteiger partial charge < -0.3 is 9.47 Å². The first-order valence-electron chi connectivity index (χ1n) is 8.07. The van der Waals surface area contributed by atoms with Gasteiger partial charge in [0.25, 0.3) is 0 Å². The molecule has 0 aliphatic carbocycles. The highest BCUT2D eigenvalue weighted by atomic mass is 32.1. The third-order valence-electron chi connectivity index (χ3n) is 3.21. The molecule has 0 bridgehead atoms. The second kappa shape index (κ2) is 7.70. The number of carbonyl (C=O) groups is 2. The van der Waals surface area contributed by atoms with E-state index in [2.05, 4.69) is 5.32 Å². The quantitative estimate of drug-likeness (QED) is 0.756. The second-order valence-electron chi connectivity index (χ2n) is 6.57. The van der Waals surface area contributed by atoms with Crippen LogP contribution < -0.4 is 5.32 Å². The van der Waals surface area contributed by atoms with Gasteiger partial charge in [0.1, 0.15) is 16.2 Å². The van der Waals surface area contributed by atoms with Crippen molar-refractivity contribution >= 4 is 28.4 Å². The van der Waals surface area contributed by atoms with E-state index in [1.807, 2.05) is 36.6 Å². The molecular formula is C19H23NO4S. The summed E-state index contributed by atoms with van der Waals surface area (Å²) in [6, 6.07) is 7.83. The Bertz CT molecular complexity index is 774. The van der Waals surface area contributed by atoms with Crippen LogP contribution in [0, 0.1) is 6.92 Å². The smallest absolute Gasteiger partial charge is 0.412 e. The number of anilines is 1. The van der Waals surface area contributed by atoms with E-state index in [1.54, 1.807) is 27.7 Å². The Morgan fingerprint density at radius 2 is 1.96 bits per heavy atom. The number of hydrogen-bond donors (Lipinski definition) is 1. The third-order valence-corrected chi connectivity index (χ3v) is 4.11. The molecule has 6 heteroatoms. The lowest BCUT2D eigenvalue weighted by atomic mass is 10.0. The molecule has 0 aliphatic heterocycles. The lowest BCUT2D eigenvalue weighted by Crippen LogP contribution is -2.27. The SMILES string of the molecule is CCOC(=O)c1c(-c2cccc(C)c2)csc1NC(=O)OC(C)(C)C. The molecule has 134 valence electrons. The number of aryl methyl sites for hydroxylation is 1. The predicted octanol–water partition coefficient (Wildman–Crippen LogP) is 5.25. The van der Waals surface area contributed by atoms with E-state index in [4.69, 9.17) is 9.47 Å². The van der Waals surface area contributed by atoms with Crippen LogP contribution in [0.25, 0.3) is 11.1 Å². The summed E-state index contributed by atoms with van der Waals surface area (Å²) in [6.07, 6.45) is -0.601. The molecule has 0 aliphatic rings. The lowest BCUT2D eigenvalue weighted by Gasteiger charge is -2.19. The molecule has 5 nitrogen and oxygen atoms in total. The van der Waals surface area contributed by atoms with Gasteiger partial charge >= 0.3 is 12.1 Å². The number of ether oxygens (including phenoxy) is 2. The molecule has 0 unspecified atom stereocenters. The molecule has 25 heavy (non-hydrogen) atoms. The molecule has 2 aromatic rings. The van der Waals surface area contributed by atoms with E-state index in [1.165, 1.54) is 11.3 Å². The fraction of sp³-hybridized carbons (Fsp3) is 0.368. The number of esters is 1. The zero-order valence-electron chi connectivity index (χ0n) is 15.1. The van der Waals surface area contributed by atoms with E-state index in [0.717, 1.165) is 16.7 Å². The van der Waals surface area contributed by atoms with Crippen molar-refractivity contribution in [3.8, 4) is 11.1 Å². The molecule has 0 fully saturated rings. The molecule has 0 spiro atoms. The molecule has 0 atom stereocenters. The van der Waals surface area contributed by atoms with Gasteiger partial charge in [-0.3, -0.25) is 5.32 Å². The fourth-order valence-corrected chi connectivity index (χ4v) is 3.22. The van der Waals surface area contributed by atoms with Crippen LogP contribution in [0.5, 0.6) is 0 Å². The Morgan fingerprint density at radius 1 is 1.24 bits per heavy atom. The summed E-state index contributed by atoms with van der Waals surface area (Å²) in [5.41, 5.74) is 2.45. The molecule has 1 heterocycles. The van der Waals surface area contributed by atoms with Gasteiger partial charge in [0.2, 0.25) is 0 Å². The van der Waals surface area contributed by atoms with Crippen LogP contribution in [-0.4, -0.2) is 24.3 Å². The average Bonchev–Trinajstić information content (AvgIpc) is 2.89. The first-order chi connectivity index (χ1) is 11.7. The van der Waals surface area contributed by atoms with Gasteiger partial charge in [0.15, 0.2) is 0 Å². The highest BCUT2D eigenvalue weighted by molar-refractivity contribution is 7.15. The van der Waals surface area contributed by atoms with Crippen LogP contribution in [0.1, 0.15) is 43.6 Å². The van der Waals surface area contributed by atoms with Crippen molar-refractivity contribution in [1.82, 2.24) is 0 Å². The first kappa shape index (κ1) is 19.0. The molecule has 2 rings (SSSR count). The average molecular weight is 361 g/mol. The minimum Gasteiger partial charge on any atom is -0.462 e. The van der Waals surface area contributed by atoms with Crippen molar-refractivity contribution in [3.63, 3.8) is 0 Å². The van der Waals surface area contributed by atoms with Crippen LogP contribution in [0.15, 0.2) is 29.6 Å². The number of benzene rings is 1. The predicted molar refractivity (Wildman–Crippen MR) is 100 cm³/mol. The molecule has 0 radical (unpaired) electrons. The van der Waals surface area contributed by atoms with Gasteiger partial charge in [-0.25, -0.2) is 9.59 Å². The normalized spacial score (nSPS) is 11.1. The number of thiophene rings is 1. The van der Waals surface area contributed by atoms with Gasteiger partial charge in [0, 0.05) is 10.9 Å². The third kappa shape index (κ3) is 5.06. The molecule has 1 N–H and O–H groups in total. The highest BCUT2D eigenvalue weighted by Gasteiger charge is 2.24. The van der Waals surface area contributed by atoms with Crippen LogP contribution in [0.2, 0.25) is 0 Å². The summed E-state index contributed by atoms with van der Waals surface area (Å²) >= 11 is 1.27. The maximum atomic E-state index is 12.5. The standard InChI is InChI=1S/C19H23NO4S/c1-6-23-17(21)15-14(13-9-7-8-12(2)10-13)11-25-16(15)20-18(22)24-19(3,4)5/h7-11H,6H2,1-5H3,(H,20,22). The van der Waals surface area contributed by atoms with Crippen LogP contribution in [-0.2, 0) is 9.47 Å². The van der Waals surface area contributed by atoms with Crippen LogP contribution in [0.4, 0.5) is 9.80 Å². The monoisotopic (exact) mass is 361 g/mol. The molecule has 1 aromatic carbocycles. The van der Waals surface area contributed by atoms with Crippen LogP contribution >= 0.6 is 11.3 Å². The summed E-state index contributed by atoms with van der Waals surface area (Å²) in [7, 11) is 0. The Labute approximate surface area is 152 Å². The Balaban J connectivity index is 2.40. The topological polar surface area (TPSA) is 64.6 Å². The number of rotatable bonds is 4. The molecule has 1 aromatic heterocycles. The zero-order chi connectivity index (χ0) is 18.6. The second-order valence-corrected chi connectivity index (χ2v) is 7.45. The van der Waals surface area contributed by atoms with Crippen molar-refractivity contribution in [2.45, 2.75) is 40.2 Å². The molecule has 0 saturated carbocycles. The summed E-state index contributed by atoms with van der Waals surface area (Å²) < 4.78 is 10.5. The minimum atomic E-state index is -0.620. The Morgan fingerprint density at radius 3 is 2.56 bits per heavy atom. The molecular weight excluding hydrogens is 338 g/mol. The highest BCUT2D eigenvalue weighted by Crippen LogP contribution is 2.36. The zero-order valence-corrected chi connectivity index (χ0v) is 16.0. The van der Waals surface area contributed by atoms with Crippen molar-refractivity contribution in [2.24, 2.45) is 0 Å². The van der Waals surface area contributed by atoms with Crippen molar-refractivity contribution in [1.29, 1.82) is 0 Å².